The highest BCUT2D eigenvalue weighted by molar-refractivity contribution is 5.73. The van der Waals surface area contributed by atoms with E-state index in [-0.39, 0.29) is 0 Å². The SMILES string of the molecule is Nc1c(-c2ccncc2)cnn1C1CC1. The van der Waals surface area contributed by atoms with Gasteiger partial charge in [0.1, 0.15) is 5.82 Å². The summed E-state index contributed by atoms with van der Waals surface area (Å²) < 4.78 is 1.93. The van der Waals surface area contributed by atoms with Crippen molar-refractivity contribution in [2.24, 2.45) is 0 Å². The van der Waals surface area contributed by atoms with Crippen molar-refractivity contribution in [1.82, 2.24) is 14.8 Å². The summed E-state index contributed by atoms with van der Waals surface area (Å²) in [5.74, 6) is 0.767. The Morgan fingerprint density at radius 1 is 1.27 bits per heavy atom. The number of pyridine rings is 1. The van der Waals surface area contributed by atoms with Crippen LogP contribution in [0.15, 0.2) is 30.7 Å². The maximum atomic E-state index is 6.06. The predicted octanol–water partition coefficient (Wildman–Crippen LogP) is 1.86. The first-order valence-corrected chi connectivity index (χ1v) is 5.09. The van der Waals surface area contributed by atoms with E-state index >= 15 is 0 Å². The number of nitrogens with zero attached hydrogens (tertiary/aromatic N) is 3. The molecule has 2 N–H and O–H groups in total. The Morgan fingerprint density at radius 3 is 2.67 bits per heavy atom. The van der Waals surface area contributed by atoms with Gasteiger partial charge in [-0.15, -0.1) is 0 Å². The van der Waals surface area contributed by atoms with E-state index in [0.29, 0.717) is 6.04 Å². The molecule has 3 rings (SSSR count). The first-order chi connectivity index (χ1) is 7.36. The van der Waals surface area contributed by atoms with E-state index < -0.39 is 0 Å². The van der Waals surface area contributed by atoms with E-state index in [2.05, 4.69) is 10.1 Å². The zero-order valence-corrected chi connectivity index (χ0v) is 8.30. The van der Waals surface area contributed by atoms with Gasteiger partial charge >= 0.3 is 0 Å². The maximum Gasteiger partial charge on any atom is 0.129 e. The van der Waals surface area contributed by atoms with Gasteiger partial charge in [-0.2, -0.15) is 5.10 Å². The molecule has 2 aromatic heterocycles. The van der Waals surface area contributed by atoms with Gasteiger partial charge in [0.25, 0.3) is 0 Å². The molecule has 0 aliphatic heterocycles. The molecule has 4 nitrogen and oxygen atoms in total. The molecular formula is C11H12N4. The van der Waals surface area contributed by atoms with Gasteiger partial charge in [-0.05, 0) is 30.5 Å². The number of aromatic nitrogens is 3. The molecule has 1 saturated carbocycles. The van der Waals surface area contributed by atoms with Crippen molar-refractivity contribution in [3.63, 3.8) is 0 Å². The van der Waals surface area contributed by atoms with Gasteiger partial charge in [-0.25, -0.2) is 4.68 Å². The van der Waals surface area contributed by atoms with Gasteiger partial charge in [0.05, 0.1) is 12.2 Å². The van der Waals surface area contributed by atoms with Crippen LogP contribution in [-0.2, 0) is 0 Å². The van der Waals surface area contributed by atoms with Crippen molar-refractivity contribution >= 4 is 5.82 Å². The molecule has 1 aliphatic carbocycles. The average Bonchev–Trinajstić information content (AvgIpc) is 3.04. The van der Waals surface area contributed by atoms with Crippen LogP contribution in [0.25, 0.3) is 11.1 Å². The Labute approximate surface area is 87.7 Å². The number of anilines is 1. The molecule has 0 radical (unpaired) electrons. The van der Waals surface area contributed by atoms with Crippen LogP contribution in [0.2, 0.25) is 0 Å². The fraction of sp³-hybridized carbons (Fsp3) is 0.273. The third kappa shape index (κ3) is 1.38. The third-order valence-corrected chi connectivity index (χ3v) is 2.72. The monoisotopic (exact) mass is 200 g/mol. The highest BCUT2D eigenvalue weighted by Crippen LogP contribution is 2.38. The largest absolute Gasteiger partial charge is 0.383 e. The fourth-order valence-corrected chi connectivity index (χ4v) is 1.74. The molecular weight excluding hydrogens is 188 g/mol. The van der Waals surface area contributed by atoms with Crippen LogP contribution >= 0.6 is 0 Å². The van der Waals surface area contributed by atoms with Gasteiger partial charge < -0.3 is 5.73 Å². The second-order valence-corrected chi connectivity index (χ2v) is 3.86. The van der Waals surface area contributed by atoms with Crippen molar-refractivity contribution < 1.29 is 0 Å². The van der Waals surface area contributed by atoms with Crippen LogP contribution in [0.1, 0.15) is 18.9 Å². The van der Waals surface area contributed by atoms with Gasteiger partial charge in [0.2, 0.25) is 0 Å². The summed E-state index contributed by atoms with van der Waals surface area (Å²) >= 11 is 0. The molecule has 0 aromatic carbocycles. The molecule has 0 saturated heterocycles. The first kappa shape index (κ1) is 8.47. The molecule has 2 heterocycles. The standard InChI is InChI=1S/C11H12N4/c12-11-10(8-3-5-13-6-4-8)7-14-15(11)9-1-2-9/h3-7,9H,1-2,12H2. The summed E-state index contributed by atoms with van der Waals surface area (Å²) in [5, 5.41) is 4.33. The average molecular weight is 200 g/mol. The van der Waals surface area contributed by atoms with Crippen molar-refractivity contribution in [2.75, 3.05) is 5.73 Å². The van der Waals surface area contributed by atoms with Crippen molar-refractivity contribution in [2.45, 2.75) is 18.9 Å². The Balaban J connectivity index is 2.05. The normalized spacial score (nSPS) is 15.5. The van der Waals surface area contributed by atoms with Crippen molar-refractivity contribution in [3.05, 3.63) is 30.7 Å². The van der Waals surface area contributed by atoms with E-state index in [1.165, 1.54) is 12.8 Å². The molecule has 0 spiro atoms. The fourth-order valence-electron chi connectivity index (χ4n) is 1.74. The number of hydrogen-bond donors (Lipinski definition) is 1. The number of nitrogen functional groups attached to an aromatic ring is 1. The molecule has 4 heteroatoms. The topological polar surface area (TPSA) is 56.7 Å². The quantitative estimate of drug-likeness (QED) is 0.805. The number of hydrogen-bond acceptors (Lipinski definition) is 3. The van der Waals surface area contributed by atoms with Crippen LogP contribution in [0.5, 0.6) is 0 Å². The van der Waals surface area contributed by atoms with Gasteiger partial charge in [0.15, 0.2) is 0 Å². The highest BCUT2D eigenvalue weighted by Gasteiger charge is 2.27. The molecule has 0 atom stereocenters. The summed E-state index contributed by atoms with van der Waals surface area (Å²) in [4.78, 5) is 3.99. The summed E-state index contributed by atoms with van der Waals surface area (Å²) in [7, 11) is 0. The lowest BCUT2D eigenvalue weighted by Crippen LogP contribution is -2.02. The number of nitrogens with two attached hydrogens (primary N) is 1. The molecule has 0 amide bonds. The highest BCUT2D eigenvalue weighted by atomic mass is 15.3. The van der Waals surface area contributed by atoms with E-state index in [0.717, 1.165) is 16.9 Å². The lowest BCUT2D eigenvalue weighted by Gasteiger charge is -2.02. The van der Waals surface area contributed by atoms with E-state index in [9.17, 15) is 0 Å². The Morgan fingerprint density at radius 2 is 2.00 bits per heavy atom. The second kappa shape index (κ2) is 3.08. The van der Waals surface area contributed by atoms with Gasteiger partial charge in [-0.3, -0.25) is 4.98 Å². The molecule has 1 aliphatic rings. The van der Waals surface area contributed by atoms with Crippen LogP contribution in [0.3, 0.4) is 0 Å². The zero-order chi connectivity index (χ0) is 10.3. The molecule has 2 aromatic rings. The molecule has 0 unspecified atom stereocenters. The summed E-state index contributed by atoms with van der Waals surface area (Å²) in [5.41, 5.74) is 8.14. The maximum absolute atomic E-state index is 6.06. The Kier molecular flexibility index (Phi) is 1.74. The van der Waals surface area contributed by atoms with Crippen molar-refractivity contribution in [1.29, 1.82) is 0 Å². The van der Waals surface area contributed by atoms with Gasteiger partial charge in [-0.1, -0.05) is 0 Å². The summed E-state index contributed by atoms with van der Waals surface area (Å²) in [6.07, 6.45) is 7.76. The minimum Gasteiger partial charge on any atom is -0.383 e. The first-order valence-electron chi connectivity index (χ1n) is 5.09. The van der Waals surface area contributed by atoms with E-state index in [4.69, 9.17) is 5.73 Å². The van der Waals surface area contributed by atoms with Crippen molar-refractivity contribution in [3.8, 4) is 11.1 Å². The van der Waals surface area contributed by atoms with Crippen LogP contribution in [-0.4, -0.2) is 14.8 Å². The minimum absolute atomic E-state index is 0.528. The van der Waals surface area contributed by atoms with Crippen LogP contribution < -0.4 is 5.73 Å². The second-order valence-electron chi connectivity index (χ2n) is 3.86. The van der Waals surface area contributed by atoms with Gasteiger partial charge in [0, 0.05) is 18.0 Å². The Hall–Kier alpha value is -1.84. The minimum atomic E-state index is 0.528. The van der Waals surface area contributed by atoms with E-state index in [1.54, 1.807) is 12.4 Å². The molecule has 15 heavy (non-hydrogen) atoms. The molecule has 1 fully saturated rings. The van der Waals surface area contributed by atoms with E-state index in [1.807, 2.05) is 23.0 Å². The van der Waals surface area contributed by atoms with Crippen LogP contribution in [0.4, 0.5) is 5.82 Å². The molecule has 76 valence electrons. The Bertz CT molecular complexity index is 471. The summed E-state index contributed by atoms with van der Waals surface area (Å²) in [6, 6.07) is 4.43. The zero-order valence-electron chi connectivity index (χ0n) is 8.30. The smallest absolute Gasteiger partial charge is 0.129 e. The number of rotatable bonds is 2. The third-order valence-electron chi connectivity index (χ3n) is 2.72. The predicted molar refractivity (Wildman–Crippen MR) is 58.1 cm³/mol. The summed E-state index contributed by atoms with van der Waals surface area (Å²) in [6.45, 7) is 0. The lowest BCUT2D eigenvalue weighted by atomic mass is 10.1. The lowest BCUT2D eigenvalue weighted by molar-refractivity contribution is 0.651. The molecule has 0 bridgehead atoms. The van der Waals surface area contributed by atoms with Crippen LogP contribution in [0, 0.1) is 0 Å².